The summed E-state index contributed by atoms with van der Waals surface area (Å²) in [6, 6.07) is 5.60. The number of rotatable bonds is 7. The number of anilines is 2. The summed E-state index contributed by atoms with van der Waals surface area (Å²) >= 11 is 0. The summed E-state index contributed by atoms with van der Waals surface area (Å²) in [7, 11) is 0. The molecule has 0 bridgehead atoms. The number of carbonyl (C=O) groups excluding carboxylic acids is 1. The van der Waals surface area contributed by atoms with Crippen LogP contribution in [0, 0.1) is 17.2 Å². The lowest BCUT2D eigenvalue weighted by Gasteiger charge is -2.39. The van der Waals surface area contributed by atoms with Crippen LogP contribution >= 0.6 is 0 Å². The Hall–Kier alpha value is -4.53. The van der Waals surface area contributed by atoms with E-state index in [0.29, 0.717) is 28.3 Å². The van der Waals surface area contributed by atoms with Gasteiger partial charge in [0.05, 0.1) is 35.5 Å². The fourth-order valence-corrected chi connectivity index (χ4v) is 4.65. The molecule has 0 aromatic carbocycles. The highest BCUT2D eigenvalue weighted by Crippen LogP contribution is 2.30. The van der Waals surface area contributed by atoms with Crippen molar-refractivity contribution >= 4 is 23.1 Å². The fraction of sp³-hybridized carbons (Fsp3) is 0.375. The molecule has 0 saturated carbocycles. The Morgan fingerprint density at radius 1 is 1.22 bits per heavy atom. The third-order valence-electron chi connectivity index (χ3n) is 6.69. The molecule has 5 heterocycles. The van der Waals surface area contributed by atoms with Crippen LogP contribution in [0.25, 0.3) is 16.9 Å². The van der Waals surface area contributed by atoms with Gasteiger partial charge in [-0.05, 0) is 37.8 Å². The summed E-state index contributed by atoms with van der Waals surface area (Å²) in [5.41, 5.74) is 9.04. The van der Waals surface area contributed by atoms with Crippen LogP contribution in [0.15, 0.2) is 36.9 Å². The Bertz CT molecular complexity index is 1430. The molecule has 0 spiro atoms. The molecule has 1 aliphatic heterocycles. The molecule has 1 aliphatic rings. The summed E-state index contributed by atoms with van der Waals surface area (Å²) in [5.74, 6) is 0.456. The molecule has 1 amide bonds. The van der Waals surface area contributed by atoms with E-state index in [1.165, 1.54) is 6.20 Å². The molecule has 0 unspecified atom stereocenters. The average Bonchev–Trinajstić information content (AvgIpc) is 3.56. The number of nitrogens with one attached hydrogen (secondary N) is 1. The van der Waals surface area contributed by atoms with E-state index in [2.05, 4.69) is 37.5 Å². The Morgan fingerprint density at radius 3 is 2.75 bits per heavy atom. The van der Waals surface area contributed by atoms with Crippen molar-refractivity contribution in [2.24, 2.45) is 11.7 Å². The highest BCUT2D eigenvalue weighted by Gasteiger charge is 2.31. The van der Waals surface area contributed by atoms with Crippen LogP contribution in [0.1, 0.15) is 42.7 Å². The Labute approximate surface area is 207 Å². The number of carbonyl (C=O) groups is 1. The van der Waals surface area contributed by atoms with E-state index in [4.69, 9.17) is 16.0 Å². The molecule has 12 heteroatoms. The molecule has 3 N–H and O–H groups in total. The van der Waals surface area contributed by atoms with Crippen molar-refractivity contribution in [1.29, 1.82) is 5.26 Å². The summed E-state index contributed by atoms with van der Waals surface area (Å²) in [6.07, 6.45) is 8.73. The van der Waals surface area contributed by atoms with Gasteiger partial charge in [-0.15, -0.1) is 10.2 Å². The van der Waals surface area contributed by atoms with Crippen LogP contribution in [0.2, 0.25) is 0 Å². The number of nitrogens with two attached hydrogens (primary N) is 1. The molecule has 4 aromatic heterocycles. The number of piperidine rings is 1. The number of primary amides is 1. The maximum Gasteiger partial charge on any atom is 0.252 e. The zero-order valence-electron chi connectivity index (χ0n) is 20.2. The van der Waals surface area contributed by atoms with Gasteiger partial charge in [0.15, 0.2) is 17.2 Å². The zero-order valence-corrected chi connectivity index (χ0v) is 20.2. The summed E-state index contributed by atoms with van der Waals surface area (Å²) in [4.78, 5) is 19.3. The van der Waals surface area contributed by atoms with E-state index in [0.717, 1.165) is 43.9 Å². The number of imidazole rings is 1. The molecular formula is C24H27N11O. The van der Waals surface area contributed by atoms with E-state index in [9.17, 15) is 4.79 Å². The third kappa shape index (κ3) is 4.31. The average molecular weight is 486 g/mol. The molecular weight excluding hydrogens is 458 g/mol. The lowest BCUT2D eigenvalue weighted by molar-refractivity contribution is 0.100. The van der Waals surface area contributed by atoms with Gasteiger partial charge < -0.3 is 16.0 Å². The van der Waals surface area contributed by atoms with Gasteiger partial charge in [-0.1, -0.05) is 6.92 Å². The van der Waals surface area contributed by atoms with E-state index in [-0.39, 0.29) is 12.0 Å². The molecule has 0 radical (unpaired) electrons. The van der Waals surface area contributed by atoms with E-state index in [1.54, 1.807) is 16.8 Å². The van der Waals surface area contributed by atoms with Crippen LogP contribution in [0.3, 0.4) is 0 Å². The first-order chi connectivity index (χ1) is 17.5. The second-order valence-corrected chi connectivity index (χ2v) is 8.82. The quantitative estimate of drug-likeness (QED) is 0.400. The van der Waals surface area contributed by atoms with Gasteiger partial charge in [0.1, 0.15) is 6.07 Å². The number of hydrogen-bond acceptors (Lipinski definition) is 9. The number of fused-ring (bicyclic) bond motifs is 1. The molecule has 36 heavy (non-hydrogen) atoms. The highest BCUT2D eigenvalue weighted by atomic mass is 16.1. The lowest BCUT2D eigenvalue weighted by Crippen LogP contribution is -2.47. The van der Waals surface area contributed by atoms with Crippen molar-refractivity contribution in [1.82, 2.24) is 34.6 Å². The number of hydrogen-bond donors (Lipinski definition) is 2. The maximum absolute atomic E-state index is 12.3. The molecule has 4 aromatic rings. The predicted octanol–water partition coefficient (Wildman–Crippen LogP) is 2.09. The minimum atomic E-state index is -0.561. The fourth-order valence-electron chi connectivity index (χ4n) is 4.65. The van der Waals surface area contributed by atoms with Crippen LogP contribution in [-0.2, 0) is 6.54 Å². The van der Waals surface area contributed by atoms with Crippen LogP contribution in [0.4, 0.5) is 11.5 Å². The minimum Gasteiger partial charge on any atom is -0.378 e. The number of aromatic nitrogens is 7. The summed E-state index contributed by atoms with van der Waals surface area (Å²) in [5, 5.41) is 29.5. The number of nitrogens with zero attached hydrogens (tertiary/aromatic N) is 9. The molecule has 1 fully saturated rings. The molecule has 0 aliphatic carbocycles. The van der Waals surface area contributed by atoms with Crippen molar-refractivity contribution < 1.29 is 4.79 Å². The van der Waals surface area contributed by atoms with Crippen LogP contribution < -0.4 is 16.0 Å². The lowest BCUT2D eigenvalue weighted by atomic mass is 9.89. The number of amides is 1. The van der Waals surface area contributed by atoms with Crippen molar-refractivity contribution in [3.63, 3.8) is 0 Å². The molecule has 1 saturated heterocycles. The Kier molecular flexibility index (Phi) is 6.20. The van der Waals surface area contributed by atoms with Crippen molar-refractivity contribution in [3.05, 3.63) is 48.2 Å². The van der Waals surface area contributed by atoms with Crippen molar-refractivity contribution in [3.8, 4) is 17.3 Å². The highest BCUT2D eigenvalue weighted by molar-refractivity contribution is 6.01. The zero-order chi connectivity index (χ0) is 25.2. The first kappa shape index (κ1) is 23.2. The van der Waals surface area contributed by atoms with Gasteiger partial charge in [-0.3, -0.25) is 9.48 Å². The Balaban J connectivity index is 1.44. The van der Waals surface area contributed by atoms with Gasteiger partial charge >= 0.3 is 0 Å². The Morgan fingerprint density at radius 2 is 2.08 bits per heavy atom. The first-order valence-electron chi connectivity index (χ1n) is 12.0. The van der Waals surface area contributed by atoms with E-state index in [1.807, 2.05) is 36.1 Å². The minimum absolute atomic E-state index is 0.0879. The van der Waals surface area contributed by atoms with Crippen LogP contribution in [-0.4, -0.2) is 59.6 Å². The predicted molar refractivity (Wildman–Crippen MR) is 133 cm³/mol. The molecule has 5 rings (SSSR count). The largest absolute Gasteiger partial charge is 0.378 e. The van der Waals surface area contributed by atoms with Gasteiger partial charge in [-0.2, -0.15) is 15.5 Å². The SMILES string of the molecule is CC[C@H]1CN(c2ccc(C#N)nn2)CC[C@H]1Nc1c(C(N)=O)cnn2cc(-c3cnn(CC)c3)nc12. The van der Waals surface area contributed by atoms with Gasteiger partial charge in [0, 0.05) is 37.4 Å². The standard InChI is InChI=1S/C24H27N11O/c1-3-15-12-33(21-6-5-17(9-25)31-32-21)8-7-19(15)29-22-18(23(26)36)11-28-35-14-20(30-24(22)35)16-10-27-34(4-2)13-16/h5-6,10-11,13-15,19,29H,3-4,7-8,12H2,1-2H3,(H2,26,36)/t15-,19+/m0/s1. The van der Waals surface area contributed by atoms with Gasteiger partial charge in [-0.25, -0.2) is 9.50 Å². The van der Waals surface area contributed by atoms with E-state index >= 15 is 0 Å². The molecule has 12 nitrogen and oxygen atoms in total. The topological polar surface area (TPSA) is 156 Å². The first-order valence-corrected chi connectivity index (χ1v) is 12.0. The van der Waals surface area contributed by atoms with Gasteiger partial charge in [0.25, 0.3) is 5.91 Å². The summed E-state index contributed by atoms with van der Waals surface area (Å²) < 4.78 is 3.49. The maximum atomic E-state index is 12.3. The smallest absolute Gasteiger partial charge is 0.252 e. The summed E-state index contributed by atoms with van der Waals surface area (Å²) in [6.45, 7) is 6.43. The van der Waals surface area contributed by atoms with Crippen LogP contribution in [0.5, 0.6) is 0 Å². The van der Waals surface area contributed by atoms with Crippen molar-refractivity contribution in [2.75, 3.05) is 23.3 Å². The van der Waals surface area contributed by atoms with Crippen molar-refractivity contribution in [2.45, 2.75) is 39.3 Å². The van der Waals surface area contributed by atoms with E-state index < -0.39 is 5.91 Å². The van der Waals surface area contributed by atoms with Gasteiger partial charge in [0.2, 0.25) is 0 Å². The monoisotopic (exact) mass is 485 g/mol. The number of nitriles is 1. The third-order valence-corrected chi connectivity index (χ3v) is 6.69. The normalized spacial score (nSPS) is 17.8. The second-order valence-electron chi connectivity index (χ2n) is 8.82. The number of aryl methyl sites for hydroxylation is 1. The molecule has 184 valence electrons. The molecule has 2 atom stereocenters. The second kappa shape index (κ2) is 9.61.